The van der Waals surface area contributed by atoms with Crippen LogP contribution in [-0.2, 0) is 26.2 Å². The molecule has 202 valence electrons. The van der Waals surface area contributed by atoms with Crippen molar-refractivity contribution in [2.75, 3.05) is 31.6 Å². The summed E-state index contributed by atoms with van der Waals surface area (Å²) in [6.07, 6.45) is 0. The van der Waals surface area contributed by atoms with E-state index in [1.807, 2.05) is 0 Å². The number of para-hydroxylation sites is 2. The lowest BCUT2D eigenvalue weighted by Crippen LogP contribution is -2.51. The topological polar surface area (TPSA) is 105 Å². The second kappa shape index (κ2) is 13.0. The number of nitrogens with one attached hydrogen (secondary N) is 1. The number of ether oxygens (including phenoxy) is 2. The second-order valence-corrected chi connectivity index (χ2v) is 10.3. The highest BCUT2D eigenvalue weighted by molar-refractivity contribution is 7.92. The van der Waals surface area contributed by atoms with Gasteiger partial charge in [0.1, 0.15) is 24.1 Å². The van der Waals surface area contributed by atoms with Crippen molar-refractivity contribution in [3.63, 3.8) is 0 Å². The Morgan fingerprint density at radius 1 is 0.895 bits per heavy atom. The predicted molar refractivity (Wildman–Crippen MR) is 146 cm³/mol. The van der Waals surface area contributed by atoms with Gasteiger partial charge in [0.25, 0.3) is 10.0 Å². The molecule has 0 fully saturated rings. The van der Waals surface area contributed by atoms with E-state index in [1.54, 1.807) is 87.7 Å². The summed E-state index contributed by atoms with van der Waals surface area (Å²) in [5.41, 5.74) is 0.965. The molecular weight excluding hydrogens is 506 g/mol. The Morgan fingerprint density at radius 2 is 1.53 bits per heavy atom. The van der Waals surface area contributed by atoms with Crippen molar-refractivity contribution in [3.8, 4) is 11.5 Å². The molecule has 9 nitrogen and oxygen atoms in total. The van der Waals surface area contributed by atoms with Crippen molar-refractivity contribution in [1.29, 1.82) is 0 Å². The minimum atomic E-state index is -4.16. The molecule has 10 heteroatoms. The first-order valence-corrected chi connectivity index (χ1v) is 13.6. The highest BCUT2D eigenvalue weighted by Gasteiger charge is 2.33. The Morgan fingerprint density at radius 3 is 2.13 bits per heavy atom. The van der Waals surface area contributed by atoms with Crippen molar-refractivity contribution in [2.24, 2.45) is 0 Å². The zero-order valence-corrected chi connectivity index (χ0v) is 22.8. The van der Waals surface area contributed by atoms with Crippen LogP contribution in [0.15, 0.2) is 83.8 Å². The Bertz CT molecular complexity index is 1330. The molecule has 0 bridgehead atoms. The Labute approximate surface area is 224 Å². The molecule has 0 spiro atoms. The lowest BCUT2D eigenvalue weighted by molar-refractivity contribution is -0.139. The normalized spacial score (nSPS) is 11.8. The van der Waals surface area contributed by atoms with Gasteiger partial charge in [-0.1, -0.05) is 42.5 Å². The number of nitrogens with zero attached hydrogens (tertiary/aromatic N) is 2. The Balaban J connectivity index is 2.04. The van der Waals surface area contributed by atoms with Crippen molar-refractivity contribution in [1.82, 2.24) is 10.2 Å². The van der Waals surface area contributed by atoms with Crippen LogP contribution in [0.3, 0.4) is 0 Å². The number of likely N-dealkylation sites (N-methyl/N-ethyl adjacent to an activating group) is 1. The first kappa shape index (κ1) is 28.5. The molecule has 0 radical (unpaired) electrons. The standard InChI is InChI=1S/C28H33N3O6S/c1-5-29-28(33)21(2)30(19-22-15-17-23(36-3)18-16-22)27(32)20-31(25-13-9-10-14-26(25)37-4)38(34,35)24-11-7-6-8-12-24/h6-18,21H,5,19-20H2,1-4H3,(H,29,33). The zero-order valence-electron chi connectivity index (χ0n) is 22.0. The van der Waals surface area contributed by atoms with Crippen molar-refractivity contribution in [3.05, 3.63) is 84.4 Å². The van der Waals surface area contributed by atoms with Gasteiger partial charge in [0.2, 0.25) is 11.8 Å². The van der Waals surface area contributed by atoms with Crippen LogP contribution >= 0.6 is 0 Å². The summed E-state index contributed by atoms with van der Waals surface area (Å²) < 4.78 is 39.3. The number of anilines is 1. The fourth-order valence-electron chi connectivity index (χ4n) is 3.90. The molecule has 0 heterocycles. The van der Waals surface area contributed by atoms with E-state index in [-0.39, 0.29) is 23.0 Å². The molecule has 1 unspecified atom stereocenters. The van der Waals surface area contributed by atoms with Gasteiger partial charge in [-0.2, -0.15) is 0 Å². The summed E-state index contributed by atoms with van der Waals surface area (Å²) >= 11 is 0. The molecule has 0 aliphatic heterocycles. The number of amides is 2. The molecule has 1 atom stereocenters. The van der Waals surface area contributed by atoms with Crippen molar-refractivity contribution in [2.45, 2.75) is 31.3 Å². The van der Waals surface area contributed by atoms with Gasteiger partial charge in [0, 0.05) is 13.1 Å². The summed E-state index contributed by atoms with van der Waals surface area (Å²) in [6, 6.07) is 20.7. The van der Waals surface area contributed by atoms with Crippen molar-refractivity contribution < 1.29 is 27.5 Å². The third-order valence-corrected chi connectivity index (χ3v) is 7.77. The SMILES string of the molecule is CCNC(=O)C(C)N(Cc1ccc(OC)cc1)C(=O)CN(c1ccccc1OC)S(=O)(=O)c1ccccc1. The highest BCUT2D eigenvalue weighted by atomic mass is 32.2. The monoisotopic (exact) mass is 539 g/mol. The number of carbonyl (C=O) groups excluding carboxylic acids is 2. The summed E-state index contributed by atoms with van der Waals surface area (Å²) in [5, 5.41) is 2.74. The van der Waals surface area contributed by atoms with E-state index in [4.69, 9.17) is 9.47 Å². The number of hydrogen-bond donors (Lipinski definition) is 1. The van der Waals surface area contributed by atoms with Crippen LogP contribution in [0.25, 0.3) is 0 Å². The maximum Gasteiger partial charge on any atom is 0.264 e. The third-order valence-electron chi connectivity index (χ3n) is 5.99. The van der Waals surface area contributed by atoms with Gasteiger partial charge in [-0.15, -0.1) is 0 Å². The number of methoxy groups -OCH3 is 2. The fourth-order valence-corrected chi connectivity index (χ4v) is 5.35. The van der Waals surface area contributed by atoms with Crippen molar-refractivity contribution >= 4 is 27.5 Å². The minimum Gasteiger partial charge on any atom is -0.497 e. The van der Waals surface area contributed by atoms with Crippen LogP contribution in [0.2, 0.25) is 0 Å². The predicted octanol–water partition coefficient (Wildman–Crippen LogP) is 3.45. The number of rotatable bonds is 12. The molecule has 3 aromatic rings. The van der Waals surface area contributed by atoms with Crippen LogP contribution in [0.4, 0.5) is 5.69 Å². The number of sulfonamides is 1. The van der Waals surface area contributed by atoms with Crippen LogP contribution in [0.1, 0.15) is 19.4 Å². The molecule has 3 rings (SSSR count). The molecule has 2 amide bonds. The number of carbonyl (C=O) groups is 2. The zero-order chi connectivity index (χ0) is 27.7. The molecule has 0 aliphatic rings. The first-order chi connectivity index (χ1) is 18.2. The molecule has 0 aromatic heterocycles. The van der Waals surface area contributed by atoms with E-state index in [2.05, 4.69) is 5.32 Å². The molecule has 0 aliphatic carbocycles. The molecule has 38 heavy (non-hydrogen) atoms. The van der Waals surface area contributed by atoms with E-state index in [1.165, 1.54) is 24.1 Å². The second-order valence-electron chi connectivity index (χ2n) is 8.44. The summed E-state index contributed by atoms with van der Waals surface area (Å²) in [6.45, 7) is 3.34. The molecule has 0 saturated carbocycles. The summed E-state index contributed by atoms with van der Waals surface area (Å²) in [4.78, 5) is 28.0. The van der Waals surface area contributed by atoms with Gasteiger partial charge in [0.15, 0.2) is 0 Å². The van der Waals surface area contributed by atoms with E-state index in [9.17, 15) is 18.0 Å². The fraction of sp³-hybridized carbons (Fsp3) is 0.286. The van der Waals surface area contributed by atoms with Crippen LogP contribution in [0.5, 0.6) is 11.5 Å². The Hall–Kier alpha value is -4.05. The summed E-state index contributed by atoms with van der Waals surface area (Å²) in [5.74, 6) is 0.0482. The van der Waals surface area contributed by atoms with Gasteiger partial charge in [-0.25, -0.2) is 8.42 Å². The molecule has 1 N–H and O–H groups in total. The highest BCUT2D eigenvalue weighted by Crippen LogP contribution is 2.32. The van der Waals surface area contributed by atoms with Crippen LogP contribution in [0, 0.1) is 0 Å². The van der Waals surface area contributed by atoms with E-state index < -0.39 is 28.5 Å². The maximum absolute atomic E-state index is 13.9. The maximum atomic E-state index is 13.9. The van der Waals surface area contributed by atoms with E-state index in [0.717, 1.165) is 9.87 Å². The third kappa shape index (κ3) is 6.63. The summed E-state index contributed by atoms with van der Waals surface area (Å²) in [7, 11) is -1.18. The largest absolute Gasteiger partial charge is 0.497 e. The lowest BCUT2D eigenvalue weighted by Gasteiger charge is -2.32. The van der Waals surface area contributed by atoms with Gasteiger partial charge in [0.05, 0.1) is 24.8 Å². The molecular formula is C28H33N3O6S. The van der Waals surface area contributed by atoms with Crippen LogP contribution in [-0.4, -0.2) is 58.5 Å². The van der Waals surface area contributed by atoms with Gasteiger partial charge in [-0.05, 0) is 55.8 Å². The molecule has 3 aromatic carbocycles. The van der Waals surface area contributed by atoms with Crippen LogP contribution < -0.4 is 19.1 Å². The van der Waals surface area contributed by atoms with Gasteiger partial charge < -0.3 is 19.7 Å². The lowest BCUT2D eigenvalue weighted by atomic mass is 10.1. The smallest absolute Gasteiger partial charge is 0.264 e. The number of hydrogen-bond acceptors (Lipinski definition) is 6. The quantitative estimate of drug-likeness (QED) is 0.378. The van der Waals surface area contributed by atoms with E-state index in [0.29, 0.717) is 18.0 Å². The Kier molecular flexibility index (Phi) is 9.72. The van der Waals surface area contributed by atoms with Gasteiger partial charge in [-0.3, -0.25) is 13.9 Å². The first-order valence-electron chi connectivity index (χ1n) is 12.1. The van der Waals surface area contributed by atoms with Gasteiger partial charge >= 0.3 is 0 Å². The molecule has 0 saturated heterocycles. The minimum absolute atomic E-state index is 0.0252. The average molecular weight is 540 g/mol. The van der Waals surface area contributed by atoms with E-state index >= 15 is 0 Å². The average Bonchev–Trinajstić information content (AvgIpc) is 2.95. The number of benzene rings is 3.